The first-order valence-corrected chi connectivity index (χ1v) is 10.4. The van der Waals surface area contributed by atoms with Crippen molar-refractivity contribution in [2.24, 2.45) is 0 Å². The summed E-state index contributed by atoms with van der Waals surface area (Å²) < 4.78 is 39.2. The lowest BCUT2D eigenvalue weighted by atomic mass is 9.98. The number of halogens is 3. The number of carboxylic acid groups (broad SMARTS) is 1. The maximum Gasteiger partial charge on any atom is 0.416 e. The van der Waals surface area contributed by atoms with E-state index in [1.807, 2.05) is 0 Å². The predicted octanol–water partition coefficient (Wildman–Crippen LogP) is 4.62. The third kappa shape index (κ3) is 7.46. The van der Waals surface area contributed by atoms with E-state index < -0.39 is 17.7 Å². The van der Waals surface area contributed by atoms with Crippen molar-refractivity contribution in [1.29, 1.82) is 0 Å². The topological polar surface area (TPSA) is 74.7 Å². The van der Waals surface area contributed by atoms with Gasteiger partial charge in [0.2, 0.25) is 5.91 Å². The van der Waals surface area contributed by atoms with Gasteiger partial charge < -0.3 is 10.0 Å². The van der Waals surface area contributed by atoms with Crippen LogP contribution in [0.1, 0.15) is 68.9 Å². The highest BCUT2D eigenvalue weighted by atomic mass is 19.4. The number of alkyl halides is 3. The molecule has 1 saturated heterocycles. The van der Waals surface area contributed by atoms with Crippen molar-refractivity contribution in [3.63, 3.8) is 0 Å². The van der Waals surface area contributed by atoms with Gasteiger partial charge in [-0.25, -0.2) is 0 Å². The van der Waals surface area contributed by atoms with Gasteiger partial charge in [-0.1, -0.05) is 31.0 Å². The average molecular weight is 427 g/mol. The van der Waals surface area contributed by atoms with E-state index in [0.717, 1.165) is 25.3 Å². The van der Waals surface area contributed by atoms with Crippen LogP contribution < -0.4 is 0 Å². The molecule has 5 nitrogen and oxygen atoms in total. The number of ketones is 1. The van der Waals surface area contributed by atoms with E-state index in [0.29, 0.717) is 32.2 Å². The number of unbranched alkanes of at least 4 members (excludes halogenated alkanes) is 3. The first kappa shape index (κ1) is 23.9. The quantitative estimate of drug-likeness (QED) is 0.494. The molecule has 0 aliphatic carbocycles. The molecule has 0 saturated carbocycles. The number of carbonyl (C=O) groups is 3. The fourth-order valence-electron chi connectivity index (χ4n) is 3.89. The minimum atomic E-state index is -4.49. The van der Waals surface area contributed by atoms with E-state index in [1.165, 1.54) is 18.2 Å². The number of aliphatic carboxylic acids is 1. The minimum Gasteiger partial charge on any atom is -0.481 e. The highest BCUT2D eigenvalue weighted by Gasteiger charge is 2.34. The molecule has 166 valence electrons. The van der Waals surface area contributed by atoms with Crippen molar-refractivity contribution in [1.82, 2.24) is 4.90 Å². The van der Waals surface area contributed by atoms with Gasteiger partial charge in [-0.05, 0) is 37.3 Å². The molecule has 8 heteroatoms. The minimum absolute atomic E-state index is 0.0179. The monoisotopic (exact) mass is 427 g/mol. The molecule has 0 bridgehead atoms. The third-order valence-electron chi connectivity index (χ3n) is 5.46. The van der Waals surface area contributed by atoms with Gasteiger partial charge in [0, 0.05) is 38.3 Å². The molecule has 0 spiro atoms. The van der Waals surface area contributed by atoms with Gasteiger partial charge in [-0.2, -0.15) is 13.2 Å². The fourth-order valence-corrected chi connectivity index (χ4v) is 3.89. The lowest BCUT2D eigenvalue weighted by Crippen LogP contribution is -2.34. The van der Waals surface area contributed by atoms with Crippen LogP contribution in [0.25, 0.3) is 0 Å². The van der Waals surface area contributed by atoms with Crippen LogP contribution in [0.5, 0.6) is 0 Å². The van der Waals surface area contributed by atoms with Crippen molar-refractivity contribution >= 4 is 17.7 Å². The van der Waals surface area contributed by atoms with Crippen molar-refractivity contribution in [3.8, 4) is 0 Å². The molecule has 1 N–H and O–H groups in total. The number of amides is 1. The summed E-state index contributed by atoms with van der Waals surface area (Å²) in [6.45, 7) is 0.571. The second kappa shape index (κ2) is 11.1. The van der Waals surface area contributed by atoms with E-state index in [-0.39, 0.29) is 42.6 Å². The summed E-state index contributed by atoms with van der Waals surface area (Å²) in [5.74, 6) is -1.03. The van der Waals surface area contributed by atoms with Gasteiger partial charge in [0.15, 0.2) is 0 Å². The molecule has 1 aromatic carbocycles. The van der Waals surface area contributed by atoms with Crippen LogP contribution in [0.4, 0.5) is 13.2 Å². The van der Waals surface area contributed by atoms with Crippen molar-refractivity contribution < 1.29 is 32.7 Å². The Balaban J connectivity index is 1.79. The van der Waals surface area contributed by atoms with E-state index in [2.05, 4.69) is 0 Å². The lowest BCUT2D eigenvalue weighted by molar-refractivity contribution is -0.139. The second-order valence-corrected chi connectivity index (χ2v) is 7.75. The number of hydrogen-bond donors (Lipinski definition) is 1. The lowest BCUT2D eigenvalue weighted by Gasteiger charge is -2.24. The first-order valence-electron chi connectivity index (χ1n) is 10.4. The average Bonchev–Trinajstić information content (AvgIpc) is 3.02. The molecule has 1 aromatic rings. The molecule has 2 rings (SSSR count). The van der Waals surface area contributed by atoms with Gasteiger partial charge in [0.05, 0.1) is 5.56 Å². The number of benzene rings is 1. The van der Waals surface area contributed by atoms with Crippen LogP contribution in [-0.4, -0.2) is 40.3 Å². The number of rotatable bonds is 12. The molecule has 1 aliphatic rings. The Morgan fingerprint density at radius 3 is 2.47 bits per heavy atom. The van der Waals surface area contributed by atoms with Gasteiger partial charge in [-0.15, -0.1) is 0 Å². The van der Waals surface area contributed by atoms with Gasteiger partial charge in [-0.3, -0.25) is 14.4 Å². The summed E-state index contributed by atoms with van der Waals surface area (Å²) in [4.78, 5) is 36.7. The van der Waals surface area contributed by atoms with Crippen LogP contribution >= 0.6 is 0 Å². The number of nitrogens with zero attached hydrogens (tertiary/aromatic N) is 1. The smallest absolute Gasteiger partial charge is 0.416 e. The Morgan fingerprint density at radius 1 is 1.07 bits per heavy atom. The summed E-state index contributed by atoms with van der Waals surface area (Å²) in [6.07, 6.45) is 0.0687. The maximum absolute atomic E-state index is 13.1. The molecule has 1 amide bonds. The number of carbonyl (C=O) groups excluding carboxylic acids is 2. The van der Waals surface area contributed by atoms with Crippen LogP contribution in [-0.2, 0) is 27.0 Å². The van der Waals surface area contributed by atoms with Gasteiger partial charge >= 0.3 is 12.1 Å². The molecule has 0 unspecified atom stereocenters. The zero-order chi connectivity index (χ0) is 22.1. The summed E-state index contributed by atoms with van der Waals surface area (Å²) in [7, 11) is 0. The Morgan fingerprint density at radius 2 is 1.77 bits per heavy atom. The Kier molecular flexibility index (Phi) is 8.87. The molecular formula is C22H28F3NO4. The second-order valence-electron chi connectivity index (χ2n) is 7.75. The first-order chi connectivity index (χ1) is 14.2. The molecule has 1 heterocycles. The molecule has 1 aliphatic heterocycles. The van der Waals surface area contributed by atoms with Crippen LogP contribution in [0.2, 0.25) is 0 Å². The Bertz CT molecular complexity index is 748. The fraction of sp³-hybridized carbons (Fsp3) is 0.591. The highest BCUT2D eigenvalue weighted by Crippen LogP contribution is 2.32. The molecular weight excluding hydrogens is 399 g/mol. The summed E-state index contributed by atoms with van der Waals surface area (Å²) in [5.41, 5.74) is -0.797. The number of carboxylic acids is 1. The zero-order valence-electron chi connectivity index (χ0n) is 16.9. The van der Waals surface area contributed by atoms with Crippen LogP contribution in [0.15, 0.2) is 24.3 Å². The van der Waals surface area contributed by atoms with E-state index in [1.54, 1.807) is 4.90 Å². The summed E-state index contributed by atoms with van der Waals surface area (Å²) in [6, 6.07) is 5.05. The van der Waals surface area contributed by atoms with Gasteiger partial charge in [0.25, 0.3) is 0 Å². The molecule has 0 aromatic heterocycles. The molecule has 30 heavy (non-hydrogen) atoms. The standard InChI is InChI=1S/C22H28F3NO4/c23-22(24,25)19-8-5-4-7-16(19)15-18(27)12-10-17-11-13-20(28)26(17)14-6-2-1-3-9-21(29)30/h4-5,7-8,17H,1-3,6,9-15H2,(H,29,30)/t17-/m0/s1. The molecule has 1 atom stereocenters. The summed E-state index contributed by atoms with van der Waals surface area (Å²) in [5, 5.41) is 8.63. The van der Waals surface area contributed by atoms with Crippen LogP contribution in [0.3, 0.4) is 0 Å². The predicted molar refractivity (Wildman–Crippen MR) is 105 cm³/mol. The summed E-state index contributed by atoms with van der Waals surface area (Å²) >= 11 is 0. The number of likely N-dealkylation sites (tertiary alicyclic amines) is 1. The van der Waals surface area contributed by atoms with E-state index >= 15 is 0 Å². The zero-order valence-corrected chi connectivity index (χ0v) is 16.9. The number of Topliss-reactive ketones (excluding diaryl/α,β-unsaturated/α-hetero) is 1. The number of hydrogen-bond acceptors (Lipinski definition) is 3. The maximum atomic E-state index is 13.1. The SMILES string of the molecule is O=C(O)CCCCCCN1C(=O)CC[C@@H]1CCC(=O)Cc1ccccc1C(F)(F)F. The van der Waals surface area contributed by atoms with Crippen molar-refractivity contribution in [3.05, 3.63) is 35.4 Å². The van der Waals surface area contributed by atoms with E-state index in [9.17, 15) is 27.6 Å². The molecule has 0 radical (unpaired) electrons. The van der Waals surface area contributed by atoms with Gasteiger partial charge in [0.1, 0.15) is 5.78 Å². The van der Waals surface area contributed by atoms with E-state index in [4.69, 9.17) is 5.11 Å². The van der Waals surface area contributed by atoms with Crippen molar-refractivity contribution in [2.45, 2.75) is 76.4 Å². The van der Waals surface area contributed by atoms with Crippen LogP contribution in [0, 0.1) is 0 Å². The Labute approximate surface area is 174 Å². The Hall–Kier alpha value is -2.38. The van der Waals surface area contributed by atoms with Crippen molar-refractivity contribution in [2.75, 3.05) is 6.54 Å². The third-order valence-corrected chi connectivity index (χ3v) is 5.46. The highest BCUT2D eigenvalue weighted by molar-refractivity contribution is 5.82. The normalized spacial score (nSPS) is 16.8. The molecule has 1 fully saturated rings. The largest absolute Gasteiger partial charge is 0.481 e.